The Morgan fingerprint density at radius 3 is 2.37 bits per heavy atom. The number of benzene rings is 3. The summed E-state index contributed by atoms with van der Waals surface area (Å²) in [4.78, 5) is 36.5. The second-order valence-electron chi connectivity index (χ2n) is 7.78. The van der Waals surface area contributed by atoms with Crippen LogP contribution in [-0.2, 0) is 20.8 Å². The topological polar surface area (TPSA) is 127 Å². The molecule has 3 aromatic rings. The van der Waals surface area contributed by atoms with Gasteiger partial charge in [0.15, 0.2) is 18.1 Å². The number of carbonyl (C=O) groups excluding carboxylic acids is 3. The molecule has 3 rings (SSSR count). The van der Waals surface area contributed by atoms with Crippen LogP contribution in [0, 0.1) is 0 Å². The Morgan fingerprint density at radius 1 is 0.895 bits per heavy atom. The minimum absolute atomic E-state index is 0.230. The number of hydrogen-bond donors (Lipinski definition) is 3. The summed E-state index contributed by atoms with van der Waals surface area (Å²) in [6.07, 6.45) is 1.81. The molecule has 3 amide bonds. The maximum atomic E-state index is 12.2. The van der Waals surface area contributed by atoms with Crippen molar-refractivity contribution in [1.29, 1.82) is 0 Å². The van der Waals surface area contributed by atoms with Crippen LogP contribution >= 0.6 is 15.9 Å². The smallest absolute Gasteiger partial charge is 0.329 e. The van der Waals surface area contributed by atoms with E-state index in [-0.39, 0.29) is 19.1 Å². The summed E-state index contributed by atoms with van der Waals surface area (Å²) in [5, 5.41) is 9.13. The molecule has 0 heterocycles. The minimum atomic E-state index is -0.923. The first-order valence-electron chi connectivity index (χ1n) is 11.5. The monoisotopic (exact) mass is 582 g/mol. The molecule has 0 aliphatic heterocycles. The van der Waals surface area contributed by atoms with Gasteiger partial charge in [-0.15, -0.1) is 0 Å². The van der Waals surface area contributed by atoms with E-state index < -0.39 is 11.8 Å². The van der Waals surface area contributed by atoms with Crippen molar-refractivity contribution in [2.75, 3.05) is 32.7 Å². The van der Waals surface area contributed by atoms with E-state index in [4.69, 9.17) is 14.2 Å². The molecule has 0 aliphatic rings. The van der Waals surface area contributed by atoms with Gasteiger partial charge in [0, 0.05) is 22.3 Å². The van der Waals surface area contributed by atoms with Crippen LogP contribution in [0.5, 0.6) is 17.2 Å². The Kier molecular flexibility index (Phi) is 10.7. The minimum Gasteiger partial charge on any atom is -0.493 e. The number of carbonyl (C=O) groups is 3. The maximum Gasteiger partial charge on any atom is 0.329 e. The lowest BCUT2D eigenvalue weighted by Crippen LogP contribution is -2.38. The molecule has 3 aromatic carbocycles. The molecule has 10 nitrogen and oxygen atoms in total. The average molecular weight is 583 g/mol. The predicted molar refractivity (Wildman–Crippen MR) is 147 cm³/mol. The second-order valence-corrected chi connectivity index (χ2v) is 8.70. The van der Waals surface area contributed by atoms with E-state index in [1.807, 2.05) is 24.3 Å². The van der Waals surface area contributed by atoms with Gasteiger partial charge in [0.25, 0.3) is 5.91 Å². The number of rotatable bonds is 11. The van der Waals surface area contributed by atoms with Crippen molar-refractivity contribution in [3.8, 4) is 17.2 Å². The summed E-state index contributed by atoms with van der Waals surface area (Å²) in [6, 6.07) is 19.5. The van der Waals surface area contributed by atoms with Gasteiger partial charge in [-0.2, -0.15) is 5.10 Å². The van der Waals surface area contributed by atoms with Crippen LogP contribution in [0.4, 0.5) is 5.69 Å². The number of hydrogen-bond acceptors (Lipinski definition) is 7. The molecule has 0 aromatic heterocycles. The molecule has 0 fully saturated rings. The highest BCUT2D eigenvalue weighted by Crippen LogP contribution is 2.27. The lowest BCUT2D eigenvalue weighted by molar-refractivity contribution is -0.139. The van der Waals surface area contributed by atoms with Gasteiger partial charge in [-0.25, -0.2) is 5.43 Å². The molecular formula is C27H27BrN4O6. The Labute approximate surface area is 228 Å². The van der Waals surface area contributed by atoms with Crippen molar-refractivity contribution >= 4 is 45.6 Å². The zero-order valence-corrected chi connectivity index (χ0v) is 22.4. The quantitative estimate of drug-likeness (QED) is 0.181. The van der Waals surface area contributed by atoms with Crippen molar-refractivity contribution in [2.45, 2.75) is 6.42 Å². The molecular weight excluding hydrogens is 556 g/mol. The molecule has 0 atom stereocenters. The third-order valence-corrected chi connectivity index (χ3v) is 5.60. The van der Waals surface area contributed by atoms with Gasteiger partial charge in [0.05, 0.1) is 20.4 Å². The van der Waals surface area contributed by atoms with Crippen molar-refractivity contribution in [1.82, 2.24) is 10.7 Å². The lowest BCUT2D eigenvalue weighted by Gasteiger charge is -2.10. The number of nitrogens with one attached hydrogen (secondary N) is 3. The molecule has 3 N–H and O–H groups in total. The number of anilines is 1. The van der Waals surface area contributed by atoms with E-state index in [0.717, 1.165) is 10.0 Å². The molecule has 0 unspecified atom stereocenters. The number of methoxy groups -OCH3 is 2. The Balaban J connectivity index is 1.49. The highest BCUT2D eigenvalue weighted by Gasteiger charge is 2.13. The summed E-state index contributed by atoms with van der Waals surface area (Å²) in [5.41, 5.74) is 4.24. The standard InChI is InChI=1S/C27H27BrN4O6/c1-36-23-10-8-18(14-24(23)37-2)12-13-29-26(34)27(35)32-30-16-19-15-20(28)9-11-22(19)38-17-25(33)31-21-6-4-3-5-7-21/h3-11,14-16H,12-13,17H2,1-2H3,(H,29,34)(H,31,33)(H,32,35)/b30-16-. The summed E-state index contributed by atoms with van der Waals surface area (Å²) in [5.74, 6) is -0.531. The first kappa shape index (κ1) is 28.2. The average Bonchev–Trinajstić information content (AvgIpc) is 2.92. The fourth-order valence-electron chi connectivity index (χ4n) is 3.26. The van der Waals surface area contributed by atoms with Crippen LogP contribution in [0.2, 0.25) is 0 Å². The molecule has 0 saturated heterocycles. The number of para-hydroxylation sites is 1. The number of halogens is 1. The second kappa shape index (κ2) is 14.4. The maximum absolute atomic E-state index is 12.2. The molecule has 38 heavy (non-hydrogen) atoms. The van der Waals surface area contributed by atoms with Crippen LogP contribution in [0.25, 0.3) is 0 Å². The van der Waals surface area contributed by atoms with Crippen LogP contribution in [0.15, 0.2) is 76.3 Å². The zero-order valence-electron chi connectivity index (χ0n) is 20.8. The Morgan fingerprint density at radius 2 is 1.63 bits per heavy atom. The number of nitrogens with zero attached hydrogens (tertiary/aromatic N) is 1. The first-order chi connectivity index (χ1) is 18.4. The Hall–Kier alpha value is -4.38. The highest BCUT2D eigenvalue weighted by molar-refractivity contribution is 9.10. The zero-order chi connectivity index (χ0) is 27.3. The molecule has 0 bridgehead atoms. The van der Waals surface area contributed by atoms with Crippen LogP contribution in [0.1, 0.15) is 11.1 Å². The van der Waals surface area contributed by atoms with Crippen molar-refractivity contribution < 1.29 is 28.6 Å². The summed E-state index contributed by atoms with van der Waals surface area (Å²) < 4.78 is 16.8. The molecule has 0 aliphatic carbocycles. The number of amides is 3. The lowest BCUT2D eigenvalue weighted by atomic mass is 10.1. The third-order valence-electron chi connectivity index (χ3n) is 5.11. The fraction of sp³-hybridized carbons (Fsp3) is 0.185. The third kappa shape index (κ3) is 8.63. The van der Waals surface area contributed by atoms with Gasteiger partial charge >= 0.3 is 11.8 Å². The first-order valence-corrected chi connectivity index (χ1v) is 12.3. The summed E-state index contributed by atoms with van der Waals surface area (Å²) >= 11 is 3.37. The van der Waals surface area contributed by atoms with Gasteiger partial charge in [-0.1, -0.05) is 40.2 Å². The molecule has 0 saturated carbocycles. The van der Waals surface area contributed by atoms with E-state index in [1.54, 1.807) is 56.7 Å². The van der Waals surface area contributed by atoms with Gasteiger partial charge in [0.1, 0.15) is 5.75 Å². The molecule has 11 heteroatoms. The van der Waals surface area contributed by atoms with E-state index in [2.05, 4.69) is 37.1 Å². The largest absolute Gasteiger partial charge is 0.493 e. The summed E-state index contributed by atoms with van der Waals surface area (Å²) in [7, 11) is 3.09. The molecule has 198 valence electrons. The van der Waals surface area contributed by atoms with Gasteiger partial charge in [-0.05, 0) is 54.4 Å². The van der Waals surface area contributed by atoms with Crippen LogP contribution < -0.4 is 30.3 Å². The number of hydrazone groups is 1. The fourth-order valence-corrected chi connectivity index (χ4v) is 3.64. The van der Waals surface area contributed by atoms with Gasteiger partial charge in [0.2, 0.25) is 0 Å². The van der Waals surface area contributed by atoms with E-state index in [1.165, 1.54) is 6.21 Å². The van der Waals surface area contributed by atoms with Crippen molar-refractivity contribution in [3.05, 3.63) is 82.3 Å². The normalized spacial score (nSPS) is 10.5. The predicted octanol–water partition coefficient (Wildman–Crippen LogP) is 3.29. The van der Waals surface area contributed by atoms with Gasteiger partial charge in [-0.3, -0.25) is 14.4 Å². The Bertz CT molecular complexity index is 1300. The molecule has 0 radical (unpaired) electrons. The van der Waals surface area contributed by atoms with E-state index in [9.17, 15) is 14.4 Å². The van der Waals surface area contributed by atoms with E-state index >= 15 is 0 Å². The molecule has 0 spiro atoms. The van der Waals surface area contributed by atoms with E-state index in [0.29, 0.717) is 34.9 Å². The van der Waals surface area contributed by atoms with Crippen molar-refractivity contribution in [2.24, 2.45) is 5.10 Å². The highest BCUT2D eigenvalue weighted by atomic mass is 79.9. The van der Waals surface area contributed by atoms with Crippen LogP contribution in [-0.4, -0.2) is 51.3 Å². The number of ether oxygens (including phenoxy) is 3. The van der Waals surface area contributed by atoms with Crippen LogP contribution in [0.3, 0.4) is 0 Å². The summed E-state index contributed by atoms with van der Waals surface area (Å²) in [6.45, 7) is 0.00627. The van der Waals surface area contributed by atoms with Gasteiger partial charge < -0.3 is 24.8 Å². The SMILES string of the molecule is COc1ccc(CCNC(=O)C(=O)N/N=C\c2cc(Br)ccc2OCC(=O)Nc2ccccc2)cc1OC. The van der Waals surface area contributed by atoms with Crippen molar-refractivity contribution in [3.63, 3.8) is 0 Å².